The number of carbonyl (C=O) groups excluding carboxylic acids is 1. The molecule has 7 heteroatoms. The van der Waals surface area contributed by atoms with Crippen LogP contribution >= 0.6 is 0 Å². The molecule has 0 bridgehead atoms. The van der Waals surface area contributed by atoms with Gasteiger partial charge in [-0.25, -0.2) is 4.68 Å². The molecule has 2 heterocycles. The summed E-state index contributed by atoms with van der Waals surface area (Å²) in [4.78, 5) is 18.1. The van der Waals surface area contributed by atoms with Gasteiger partial charge in [-0.05, 0) is 44.4 Å². The maximum atomic E-state index is 13.5. The standard InChI is InChI=1S/C24H27N5O2/c1-15-8-6-10-18(14-15)22-21(23(31)26-19-11-5-4-9-16(19)2)17(3)25-24-27-20(12-7-13-30)28-29(22)24/h4-6,8-11,14,22,30H,7,12-13H2,1-3H3,(H,26,31)(H,25,27,28). The van der Waals surface area contributed by atoms with Gasteiger partial charge in [0.2, 0.25) is 5.95 Å². The number of para-hydroxylation sites is 1. The van der Waals surface area contributed by atoms with E-state index in [9.17, 15) is 9.90 Å². The van der Waals surface area contributed by atoms with Gasteiger partial charge in [0, 0.05) is 24.4 Å². The van der Waals surface area contributed by atoms with Crippen LogP contribution in [-0.4, -0.2) is 32.4 Å². The molecule has 160 valence electrons. The van der Waals surface area contributed by atoms with E-state index in [-0.39, 0.29) is 12.5 Å². The molecule has 7 nitrogen and oxygen atoms in total. The van der Waals surface area contributed by atoms with Gasteiger partial charge in [0.1, 0.15) is 6.04 Å². The van der Waals surface area contributed by atoms with Gasteiger partial charge in [0.05, 0.1) is 5.57 Å². The molecule has 0 spiro atoms. The summed E-state index contributed by atoms with van der Waals surface area (Å²) in [7, 11) is 0. The topological polar surface area (TPSA) is 92.1 Å². The van der Waals surface area contributed by atoms with Gasteiger partial charge >= 0.3 is 0 Å². The Labute approximate surface area is 181 Å². The first-order chi connectivity index (χ1) is 15.0. The average molecular weight is 418 g/mol. The summed E-state index contributed by atoms with van der Waals surface area (Å²) in [6.45, 7) is 5.97. The third kappa shape index (κ3) is 4.22. The van der Waals surface area contributed by atoms with Crippen molar-refractivity contribution in [2.24, 2.45) is 0 Å². The normalized spacial score (nSPS) is 15.4. The summed E-state index contributed by atoms with van der Waals surface area (Å²) in [5.74, 6) is 1.07. The van der Waals surface area contributed by atoms with Crippen molar-refractivity contribution < 1.29 is 9.90 Å². The third-order valence-electron chi connectivity index (χ3n) is 5.45. The van der Waals surface area contributed by atoms with E-state index in [1.165, 1.54) is 0 Å². The predicted molar refractivity (Wildman–Crippen MR) is 121 cm³/mol. The quantitative estimate of drug-likeness (QED) is 0.568. The number of anilines is 2. The fourth-order valence-corrected chi connectivity index (χ4v) is 3.88. The van der Waals surface area contributed by atoms with Crippen LogP contribution in [0, 0.1) is 13.8 Å². The summed E-state index contributed by atoms with van der Waals surface area (Å²) in [6, 6.07) is 15.4. The maximum Gasteiger partial charge on any atom is 0.255 e. The molecule has 3 aromatic rings. The van der Waals surface area contributed by atoms with E-state index < -0.39 is 6.04 Å². The summed E-state index contributed by atoms with van der Waals surface area (Å²) in [5, 5.41) is 20.2. The first-order valence-electron chi connectivity index (χ1n) is 10.5. The third-order valence-corrected chi connectivity index (χ3v) is 5.45. The molecule has 3 N–H and O–H groups in total. The van der Waals surface area contributed by atoms with Crippen LogP contribution in [0.4, 0.5) is 11.6 Å². The smallest absolute Gasteiger partial charge is 0.255 e. The van der Waals surface area contributed by atoms with Crippen molar-refractivity contribution in [1.82, 2.24) is 14.8 Å². The van der Waals surface area contributed by atoms with Crippen LogP contribution in [0.2, 0.25) is 0 Å². The molecule has 0 saturated carbocycles. The number of rotatable bonds is 6. The van der Waals surface area contributed by atoms with Crippen LogP contribution in [0.3, 0.4) is 0 Å². The highest BCUT2D eigenvalue weighted by molar-refractivity contribution is 6.06. The number of nitrogens with one attached hydrogen (secondary N) is 2. The minimum absolute atomic E-state index is 0.0833. The summed E-state index contributed by atoms with van der Waals surface area (Å²) < 4.78 is 1.78. The lowest BCUT2D eigenvalue weighted by atomic mass is 9.94. The van der Waals surface area contributed by atoms with Gasteiger partial charge in [-0.2, -0.15) is 10.1 Å². The lowest BCUT2D eigenvalue weighted by Crippen LogP contribution is -2.31. The number of hydrogen-bond acceptors (Lipinski definition) is 5. The number of aliphatic hydroxyl groups excluding tert-OH is 1. The maximum absolute atomic E-state index is 13.5. The minimum Gasteiger partial charge on any atom is -0.396 e. The molecular formula is C24H27N5O2. The van der Waals surface area contributed by atoms with E-state index >= 15 is 0 Å². The van der Waals surface area contributed by atoms with E-state index in [2.05, 4.69) is 26.8 Å². The fraction of sp³-hybridized carbons (Fsp3) is 0.292. The molecule has 1 atom stereocenters. The van der Waals surface area contributed by atoms with Crippen molar-refractivity contribution in [3.63, 3.8) is 0 Å². The van der Waals surface area contributed by atoms with E-state index in [0.717, 1.165) is 28.1 Å². The summed E-state index contributed by atoms with van der Waals surface area (Å²) in [5.41, 5.74) is 5.19. The lowest BCUT2D eigenvalue weighted by molar-refractivity contribution is -0.113. The fourth-order valence-electron chi connectivity index (χ4n) is 3.88. The van der Waals surface area contributed by atoms with Crippen LogP contribution in [-0.2, 0) is 11.2 Å². The van der Waals surface area contributed by atoms with Gasteiger partial charge in [-0.1, -0.05) is 48.0 Å². The molecule has 1 unspecified atom stereocenters. The molecule has 0 saturated heterocycles. The van der Waals surface area contributed by atoms with Crippen LogP contribution < -0.4 is 10.6 Å². The van der Waals surface area contributed by atoms with Crippen molar-refractivity contribution in [3.05, 3.63) is 82.3 Å². The van der Waals surface area contributed by atoms with Gasteiger partial charge in [-0.3, -0.25) is 4.79 Å². The zero-order valence-corrected chi connectivity index (χ0v) is 18.0. The molecule has 0 aliphatic carbocycles. The highest BCUT2D eigenvalue weighted by atomic mass is 16.3. The zero-order valence-electron chi connectivity index (χ0n) is 18.0. The lowest BCUT2D eigenvalue weighted by Gasteiger charge is -2.29. The van der Waals surface area contributed by atoms with E-state index in [0.29, 0.717) is 30.2 Å². The second kappa shape index (κ2) is 8.73. The van der Waals surface area contributed by atoms with E-state index in [1.54, 1.807) is 4.68 Å². The first-order valence-corrected chi connectivity index (χ1v) is 10.5. The molecule has 1 amide bonds. The van der Waals surface area contributed by atoms with Gasteiger partial charge in [-0.15, -0.1) is 0 Å². The molecule has 4 rings (SSSR count). The highest BCUT2D eigenvalue weighted by Crippen LogP contribution is 2.36. The molecular weight excluding hydrogens is 390 g/mol. The largest absolute Gasteiger partial charge is 0.396 e. The number of carbonyl (C=O) groups is 1. The Morgan fingerprint density at radius 1 is 1.16 bits per heavy atom. The molecule has 0 fully saturated rings. The number of benzene rings is 2. The van der Waals surface area contributed by atoms with Gasteiger partial charge in [0.25, 0.3) is 5.91 Å². The monoisotopic (exact) mass is 417 g/mol. The van der Waals surface area contributed by atoms with Crippen molar-refractivity contribution in [2.75, 3.05) is 17.2 Å². The van der Waals surface area contributed by atoms with Crippen molar-refractivity contribution in [2.45, 2.75) is 39.7 Å². The predicted octanol–water partition coefficient (Wildman–Crippen LogP) is 3.75. The highest BCUT2D eigenvalue weighted by Gasteiger charge is 2.34. The Balaban J connectivity index is 1.77. The second-order valence-corrected chi connectivity index (χ2v) is 7.87. The SMILES string of the molecule is CC1=C(C(=O)Nc2ccccc2C)C(c2cccc(C)c2)n2nc(CCCO)nc2N1. The first kappa shape index (κ1) is 20.8. The number of nitrogens with zero attached hydrogens (tertiary/aromatic N) is 3. The van der Waals surface area contributed by atoms with Crippen LogP contribution in [0.25, 0.3) is 0 Å². The Hall–Kier alpha value is -3.45. The zero-order chi connectivity index (χ0) is 22.0. The van der Waals surface area contributed by atoms with Crippen LogP contribution in [0.1, 0.15) is 41.9 Å². The van der Waals surface area contributed by atoms with Gasteiger partial charge < -0.3 is 15.7 Å². The Morgan fingerprint density at radius 2 is 1.97 bits per heavy atom. The number of hydrogen-bond donors (Lipinski definition) is 3. The Morgan fingerprint density at radius 3 is 2.71 bits per heavy atom. The summed E-state index contributed by atoms with van der Waals surface area (Å²) in [6.07, 6.45) is 1.16. The Bertz CT molecular complexity index is 1150. The van der Waals surface area contributed by atoms with Crippen molar-refractivity contribution in [3.8, 4) is 0 Å². The molecule has 1 aliphatic heterocycles. The number of aliphatic hydroxyl groups is 1. The molecule has 1 aliphatic rings. The van der Waals surface area contributed by atoms with Crippen molar-refractivity contribution >= 4 is 17.5 Å². The number of fused-ring (bicyclic) bond motifs is 1. The Kier molecular flexibility index (Phi) is 5.86. The van der Waals surface area contributed by atoms with E-state index in [4.69, 9.17) is 0 Å². The molecule has 0 radical (unpaired) electrons. The second-order valence-electron chi connectivity index (χ2n) is 7.87. The average Bonchev–Trinajstić information content (AvgIpc) is 3.15. The van der Waals surface area contributed by atoms with Crippen LogP contribution in [0.5, 0.6) is 0 Å². The van der Waals surface area contributed by atoms with Crippen molar-refractivity contribution in [1.29, 1.82) is 0 Å². The van der Waals surface area contributed by atoms with Gasteiger partial charge in [0.15, 0.2) is 5.82 Å². The number of aromatic nitrogens is 3. The number of amides is 1. The molecule has 31 heavy (non-hydrogen) atoms. The number of allylic oxidation sites excluding steroid dienone is 1. The summed E-state index contributed by atoms with van der Waals surface area (Å²) >= 11 is 0. The molecule has 2 aromatic carbocycles. The minimum atomic E-state index is -0.407. The van der Waals surface area contributed by atoms with E-state index in [1.807, 2.05) is 63.2 Å². The number of aryl methyl sites for hydroxylation is 3. The molecule has 1 aromatic heterocycles. The van der Waals surface area contributed by atoms with Crippen LogP contribution in [0.15, 0.2) is 59.8 Å².